The first-order valence-electron chi connectivity index (χ1n) is 8.10. The summed E-state index contributed by atoms with van der Waals surface area (Å²) in [4.78, 5) is 0. The van der Waals surface area contributed by atoms with E-state index < -0.39 is 0 Å². The quantitative estimate of drug-likeness (QED) is 0.393. The maximum Gasteiger partial charge on any atom is 4.00 e. The average Bonchev–Trinajstić information content (AvgIpc) is 3.32. The van der Waals surface area contributed by atoms with Crippen LogP contribution in [0.5, 0.6) is 0 Å². The van der Waals surface area contributed by atoms with Gasteiger partial charge < -0.3 is 33.6 Å². The number of furan rings is 2. The van der Waals surface area contributed by atoms with Crippen molar-refractivity contribution in [2.24, 2.45) is 0 Å². The van der Waals surface area contributed by atoms with Crippen molar-refractivity contribution < 1.29 is 59.9 Å². The van der Waals surface area contributed by atoms with Crippen molar-refractivity contribution in [3.63, 3.8) is 0 Å². The first-order chi connectivity index (χ1) is 11.5. The van der Waals surface area contributed by atoms with E-state index in [0.29, 0.717) is 0 Å². The standard InChI is InChI=1S/2C11H11O.2ClH.Zr/c2*1-8-6-10(7-9(8)2)11-4-3-5-12-11;;;/h2*3-7H,1-2H3;2*1H;/q2*-1;;;+4/p-2. The third-order valence-corrected chi connectivity index (χ3v) is 4.34. The third kappa shape index (κ3) is 6.38. The molecule has 0 bridgehead atoms. The minimum Gasteiger partial charge on any atom is -1.00 e. The molecule has 0 N–H and O–H groups in total. The van der Waals surface area contributed by atoms with Crippen LogP contribution < -0.4 is 24.8 Å². The largest absolute Gasteiger partial charge is 4.00 e. The number of hydrogen-bond donors (Lipinski definition) is 0. The van der Waals surface area contributed by atoms with E-state index in [1.54, 1.807) is 12.5 Å². The Bertz CT molecular complexity index is 785. The zero-order chi connectivity index (χ0) is 17.1. The number of rotatable bonds is 2. The molecule has 0 aliphatic rings. The van der Waals surface area contributed by atoms with E-state index in [0.717, 1.165) is 11.5 Å². The van der Waals surface area contributed by atoms with Crippen LogP contribution in [0, 0.1) is 27.7 Å². The van der Waals surface area contributed by atoms with Gasteiger partial charge in [-0.3, -0.25) is 0 Å². The molecule has 140 valence electrons. The van der Waals surface area contributed by atoms with Crippen LogP contribution in [-0.2, 0) is 26.2 Å². The molecule has 5 heteroatoms. The van der Waals surface area contributed by atoms with Crippen molar-refractivity contribution in [1.29, 1.82) is 0 Å². The zero-order valence-electron chi connectivity index (χ0n) is 15.8. The van der Waals surface area contributed by atoms with Crippen molar-refractivity contribution in [3.8, 4) is 22.6 Å². The van der Waals surface area contributed by atoms with Gasteiger partial charge in [0.15, 0.2) is 0 Å². The van der Waals surface area contributed by atoms with Crippen LogP contribution in [0.15, 0.2) is 69.9 Å². The van der Waals surface area contributed by atoms with Gasteiger partial charge in [0, 0.05) is 0 Å². The van der Waals surface area contributed by atoms with E-state index in [1.807, 2.05) is 24.3 Å². The van der Waals surface area contributed by atoms with Gasteiger partial charge in [0.05, 0.1) is 24.0 Å². The van der Waals surface area contributed by atoms with Gasteiger partial charge in [0.2, 0.25) is 0 Å². The molecule has 2 nitrogen and oxygen atoms in total. The van der Waals surface area contributed by atoms with E-state index >= 15 is 0 Å². The van der Waals surface area contributed by atoms with Crippen LogP contribution in [0.2, 0.25) is 0 Å². The summed E-state index contributed by atoms with van der Waals surface area (Å²) in [6.07, 6.45) is 3.40. The zero-order valence-corrected chi connectivity index (χ0v) is 19.8. The summed E-state index contributed by atoms with van der Waals surface area (Å²) in [5, 5.41) is 0. The summed E-state index contributed by atoms with van der Waals surface area (Å²) in [5.74, 6) is 1.90. The molecule has 27 heavy (non-hydrogen) atoms. The summed E-state index contributed by atoms with van der Waals surface area (Å²) < 4.78 is 10.6. The maximum atomic E-state index is 5.29. The summed E-state index contributed by atoms with van der Waals surface area (Å²) in [5.41, 5.74) is 7.63. The Morgan fingerprint density at radius 3 is 1.11 bits per heavy atom. The molecule has 2 aromatic carbocycles. The van der Waals surface area contributed by atoms with Gasteiger partial charge in [0.25, 0.3) is 0 Å². The van der Waals surface area contributed by atoms with Crippen molar-refractivity contribution in [3.05, 3.63) is 83.3 Å². The van der Waals surface area contributed by atoms with E-state index in [4.69, 9.17) is 8.83 Å². The first-order valence-corrected chi connectivity index (χ1v) is 8.10. The van der Waals surface area contributed by atoms with Gasteiger partial charge >= 0.3 is 26.2 Å². The third-order valence-electron chi connectivity index (χ3n) is 4.34. The topological polar surface area (TPSA) is 26.3 Å². The van der Waals surface area contributed by atoms with Gasteiger partial charge in [-0.1, -0.05) is 63.1 Å². The molecule has 0 unspecified atom stereocenters. The molecule has 0 spiro atoms. The fourth-order valence-corrected chi connectivity index (χ4v) is 2.64. The monoisotopic (exact) mass is 478 g/mol. The Morgan fingerprint density at radius 2 is 0.889 bits per heavy atom. The Kier molecular flexibility index (Phi) is 11.0. The smallest absolute Gasteiger partial charge is 1.00 e. The Morgan fingerprint density at radius 1 is 0.593 bits per heavy atom. The second kappa shape index (κ2) is 11.5. The fourth-order valence-electron chi connectivity index (χ4n) is 2.64. The molecule has 0 radical (unpaired) electrons. The summed E-state index contributed by atoms with van der Waals surface area (Å²) in [6, 6.07) is 16.4. The molecule has 2 aromatic heterocycles. The number of aryl methyl sites for hydroxylation is 4. The van der Waals surface area contributed by atoms with Crippen LogP contribution in [0.1, 0.15) is 22.3 Å². The van der Waals surface area contributed by atoms with E-state index in [2.05, 4.69) is 52.0 Å². The Hall–Kier alpha value is -1.28. The van der Waals surface area contributed by atoms with Crippen molar-refractivity contribution in [1.82, 2.24) is 0 Å². The maximum absolute atomic E-state index is 5.29. The van der Waals surface area contributed by atoms with Gasteiger partial charge in [-0.2, -0.15) is 22.3 Å². The molecule has 0 amide bonds. The number of hydrogen-bond acceptors (Lipinski definition) is 2. The predicted octanol–water partition coefficient (Wildman–Crippen LogP) is 0.570. The average molecular weight is 481 g/mol. The summed E-state index contributed by atoms with van der Waals surface area (Å²) in [6.45, 7) is 8.45. The first kappa shape index (κ1) is 25.7. The second-order valence-corrected chi connectivity index (χ2v) is 6.17. The predicted molar refractivity (Wildman–Crippen MR) is 98.4 cm³/mol. The van der Waals surface area contributed by atoms with Crippen LogP contribution in [0.4, 0.5) is 0 Å². The number of halogens is 2. The summed E-state index contributed by atoms with van der Waals surface area (Å²) in [7, 11) is 0. The van der Waals surface area contributed by atoms with Crippen molar-refractivity contribution in [2.75, 3.05) is 0 Å². The van der Waals surface area contributed by atoms with Gasteiger partial charge in [-0.15, -0.1) is 24.3 Å². The normalized spacial score (nSPS) is 9.33. The molecule has 0 atom stereocenters. The van der Waals surface area contributed by atoms with Crippen molar-refractivity contribution >= 4 is 0 Å². The summed E-state index contributed by atoms with van der Waals surface area (Å²) >= 11 is 0. The van der Waals surface area contributed by atoms with Crippen LogP contribution in [-0.4, -0.2) is 0 Å². The Labute approximate surface area is 192 Å². The van der Waals surface area contributed by atoms with Crippen molar-refractivity contribution in [2.45, 2.75) is 27.7 Å². The van der Waals surface area contributed by atoms with Crippen LogP contribution >= 0.6 is 0 Å². The van der Waals surface area contributed by atoms with E-state index in [1.165, 1.54) is 33.4 Å². The molecule has 4 rings (SSSR count). The van der Waals surface area contributed by atoms with Gasteiger partial charge in [-0.25, -0.2) is 0 Å². The SMILES string of the molecule is Cc1c[c-](-c2ccco2)cc1C.Cc1c[c-](-c2ccco2)cc1C.[Cl-].[Cl-].[Zr+4]. The second-order valence-electron chi connectivity index (χ2n) is 6.17. The van der Waals surface area contributed by atoms with E-state index in [-0.39, 0.29) is 51.0 Å². The molecular weight excluding hydrogens is 458 g/mol. The molecule has 4 aromatic rings. The van der Waals surface area contributed by atoms with Gasteiger partial charge in [0.1, 0.15) is 0 Å². The molecule has 0 fully saturated rings. The molecule has 0 saturated carbocycles. The minimum absolute atomic E-state index is 0. The molecule has 0 saturated heterocycles. The Balaban J connectivity index is 0.000000451. The van der Waals surface area contributed by atoms with Gasteiger partial charge in [-0.05, 0) is 0 Å². The molecular formula is C22H22Cl2O2Zr. The van der Waals surface area contributed by atoms with Crippen LogP contribution in [0.3, 0.4) is 0 Å². The van der Waals surface area contributed by atoms with Crippen LogP contribution in [0.25, 0.3) is 22.6 Å². The molecule has 0 aliphatic carbocycles. The molecule has 2 heterocycles. The minimum atomic E-state index is 0. The fraction of sp³-hybridized carbons (Fsp3) is 0.182. The van der Waals surface area contributed by atoms with E-state index in [9.17, 15) is 0 Å². The molecule has 0 aliphatic heterocycles.